The van der Waals surface area contributed by atoms with Crippen molar-refractivity contribution in [3.05, 3.63) is 29.3 Å². The van der Waals surface area contributed by atoms with E-state index in [2.05, 4.69) is 49.2 Å². The average Bonchev–Trinajstić information content (AvgIpc) is 2.75. The van der Waals surface area contributed by atoms with Crippen LogP contribution in [0.3, 0.4) is 0 Å². The number of hydrogen-bond donors (Lipinski definition) is 1. The van der Waals surface area contributed by atoms with E-state index in [9.17, 15) is 0 Å². The summed E-state index contributed by atoms with van der Waals surface area (Å²) in [6, 6.07) is 7.51. The fraction of sp³-hybridized carbons (Fsp3) is 0.600. The van der Waals surface area contributed by atoms with Crippen molar-refractivity contribution in [3.8, 4) is 0 Å². The van der Waals surface area contributed by atoms with Crippen LogP contribution in [0.2, 0.25) is 0 Å². The lowest BCUT2D eigenvalue weighted by atomic mass is 10.1. The summed E-state index contributed by atoms with van der Waals surface area (Å²) in [5.74, 6) is 0. The molecular formula is C15H24N2. The lowest BCUT2D eigenvalue weighted by molar-refractivity contribution is 0.213. The van der Waals surface area contributed by atoms with Crippen LogP contribution in [0, 0.1) is 0 Å². The van der Waals surface area contributed by atoms with Crippen molar-refractivity contribution in [2.45, 2.75) is 46.2 Å². The Balaban J connectivity index is 2.07. The summed E-state index contributed by atoms with van der Waals surface area (Å²) < 4.78 is 0. The smallest absolute Gasteiger partial charge is 0.0373 e. The van der Waals surface area contributed by atoms with E-state index in [1.807, 2.05) is 0 Å². The number of benzene rings is 1. The molecule has 0 saturated carbocycles. The average molecular weight is 232 g/mol. The molecule has 0 unspecified atom stereocenters. The molecule has 0 aliphatic carbocycles. The molecule has 2 rings (SSSR count). The Morgan fingerprint density at radius 2 is 2.18 bits per heavy atom. The van der Waals surface area contributed by atoms with E-state index >= 15 is 0 Å². The Labute approximate surface area is 105 Å². The number of nitrogens with one attached hydrogen (secondary N) is 1. The quantitative estimate of drug-likeness (QED) is 0.838. The Morgan fingerprint density at radius 3 is 2.88 bits per heavy atom. The molecule has 2 heteroatoms. The lowest BCUT2D eigenvalue weighted by Crippen LogP contribution is -2.31. The van der Waals surface area contributed by atoms with Gasteiger partial charge in [0, 0.05) is 24.8 Å². The van der Waals surface area contributed by atoms with Crippen LogP contribution in [0.4, 0.5) is 5.69 Å². The normalized spacial score (nSPS) is 14.2. The molecular weight excluding hydrogens is 208 g/mol. The van der Waals surface area contributed by atoms with Gasteiger partial charge in [-0.05, 0) is 50.4 Å². The number of fused-ring (bicyclic) bond motifs is 1. The highest BCUT2D eigenvalue weighted by atomic mass is 15.1. The van der Waals surface area contributed by atoms with Gasteiger partial charge in [-0.2, -0.15) is 0 Å². The molecule has 1 heterocycles. The van der Waals surface area contributed by atoms with Gasteiger partial charge in [-0.25, -0.2) is 0 Å². The standard InChI is InChI=1S/C15H24N2/c1-4-9-17(12(2)3)11-13-5-6-15-14(10-13)7-8-16-15/h5-6,10,12,16H,4,7-9,11H2,1-3H3. The van der Waals surface area contributed by atoms with E-state index in [-0.39, 0.29) is 0 Å². The summed E-state index contributed by atoms with van der Waals surface area (Å²) >= 11 is 0. The van der Waals surface area contributed by atoms with Gasteiger partial charge < -0.3 is 5.32 Å². The molecule has 1 aliphatic heterocycles. The van der Waals surface area contributed by atoms with Gasteiger partial charge >= 0.3 is 0 Å². The zero-order valence-corrected chi connectivity index (χ0v) is 11.3. The fourth-order valence-electron chi connectivity index (χ4n) is 2.50. The largest absolute Gasteiger partial charge is 0.384 e. The number of rotatable bonds is 5. The van der Waals surface area contributed by atoms with Crippen molar-refractivity contribution in [2.24, 2.45) is 0 Å². The molecule has 2 nitrogen and oxygen atoms in total. The highest BCUT2D eigenvalue weighted by Gasteiger charge is 2.13. The first-order valence-electron chi connectivity index (χ1n) is 6.80. The van der Waals surface area contributed by atoms with Crippen molar-refractivity contribution in [3.63, 3.8) is 0 Å². The minimum Gasteiger partial charge on any atom is -0.384 e. The van der Waals surface area contributed by atoms with E-state index in [1.165, 1.54) is 36.2 Å². The van der Waals surface area contributed by atoms with Crippen molar-refractivity contribution in [2.75, 3.05) is 18.4 Å². The Bertz CT molecular complexity index is 371. The molecule has 0 spiro atoms. The third-order valence-corrected chi connectivity index (χ3v) is 3.51. The lowest BCUT2D eigenvalue weighted by Gasteiger charge is -2.26. The molecule has 0 amide bonds. The van der Waals surface area contributed by atoms with Crippen LogP contribution in [-0.4, -0.2) is 24.0 Å². The highest BCUT2D eigenvalue weighted by Crippen LogP contribution is 2.23. The molecule has 1 aromatic rings. The van der Waals surface area contributed by atoms with E-state index < -0.39 is 0 Å². The summed E-state index contributed by atoms with van der Waals surface area (Å²) in [6.07, 6.45) is 2.41. The van der Waals surface area contributed by atoms with Gasteiger partial charge in [0.15, 0.2) is 0 Å². The topological polar surface area (TPSA) is 15.3 Å². The second kappa shape index (κ2) is 5.54. The van der Waals surface area contributed by atoms with Crippen LogP contribution in [0.15, 0.2) is 18.2 Å². The summed E-state index contributed by atoms with van der Waals surface area (Å²) in [7, 11) is 0. The van der Waals surface area contributed by atoms with Gasteiger partial charge in [0.05, 0.1) is 0 Å². The molecule has 94 valence electrons. The van der Waals surface area contributed by atoms with Crippen LogP contribution in [0.5, 0.6) is 0 Å². The van der Waals surface area contributed by atoms with Gasteiger partial charge in [-0.3, -0.25) is 4.90 Å². The van der Waals surface area contributed by atoms with E-state index in [0.29, 0.717) is 6.04 Å². The maximum Gasteiger partial charge on any atom is 0.0373 e. The second-order valence-corrected chi connectivity index (χ2v) is 5.23. The first kappa shape index (κ1) is 12.4. The van der Waals surface area contributed by atoms with Gasteiger partial charge in [0.25, 0.3) is 0 Å². The van der Waals surface area contributed by atoms with Crippen LogP contribution < -0.4 is 5.32 Å². The van der Waals surface area contributed by atoms with Crippen molar-refractivity contribution < 1.29 is 0 Å². The first-order chi connectivity index (χ1) is 8.20. The van der Waals surface area contributed by atoms with Crippen LogP contribution in [0.1, 0.15) is 38.3 Å². The van der Waals surface area contributed by atoms with Crippen LogP contribution in [-0.2, 0) is 13.0 Å². The van der Waals surface area contributed by atoms with E-state index in [0.717, 1.165) is 13.1 Å². The predicted molar refractivity (Wildman–Crippen MR) is 74.5 cm³/mol. The van der Waals surface area contributed by atoms with Crippen molar-refractivity contribution >= 4 is 5.69 Å². The predicted octanol–water partition coefficient (Wildman–Crippen LogP) is 3.28. The third-order valence-electron chi connectivity index (χ3n) is 3.51. The molecule has 1 aliphatic rings. The van der Waals surface area contributed by atoms with Gasteiger partial charge in [-0.15, -0.1) is 0 Å². The monoisotopic (exact) mass is 232 g/mol. The summed E-state index contributed by atoms with van der Waals surface area (Å²) in [4.78, 5) is 2.55. The molecule has 0 aromatic heterocycles. The zero-order valence-electron chi connectivity index (χ0n) is 11.3. The Morgan fingerprint density at radius 1 is 1.35 bits per heavy atom. The van der Waals surface area contributed by atoms with Crippen molar-refractivity contribution in [1.82, 2.24) is 4.90 Å². The molecule has 1 aromatic carbocycles. The Kier molecular flexibility index (Phi) is 4.06. The van der Waals surface area contributed by atoms with Gasteiger partial charge in [0.1, 0.15) is 0 Å². The molecule has 0 atom stereocenters. The molecule has 1 N–H and O–H groups in total. The third kappa shape index (κ3) is 3.01. The van der Waals surface area contributed by atoms with E-state index in [4.69, 9.17) is 0 Å². The minimum absolute atomic E-state index is 0.626. The SMILES string of the molecule is CCCN(Cc1ccc2c(c1)CCN2)C(C)C. The summed E-state index contributed by atoms with van der Waals surface area (Å²) in [5.41, 5.74) is 4.28. The molecule has 0 fully saturated rings. The number of hydrogen-bond acceptors (Lipinski definition) is 2. The molecule has 0 bridgehead atoms. The maximum absolute atomic E-state index is 3.41. The number of nitrogens with zero attached hydrogens (tertiary/aromatic N) is 1. The molecule has 0 saturated heterocycles. The highest BCUT2D eigenvalue weighted by molar-refractivity contribution is 5.56. The van der Waals surface area contributed by atoms with Crippen LogP contribution >= 0.6 is 0 Å². The second-order valence-electron chi connectivity index (χ2n) is 5.23. The minimum atomic E-state index is 0.626. The van der Waals surface area contributed by atoms with Crippen LogP contribution in [0.25, 0.3) is 0 Å². The van der Waals surface area contributed by atoms with Gasteiger partial charge in [0.2, 0.25) is 0 Å². The van der Waals surface area contributed by atoms with E-state index in [1.54, 1.807) is 0 Å². The Hall–Kier alpha value is -1.02. The van der Waals surface area contributed by atoms with Gasteiger partial charge in [-0.1, -0.05) is 19.1 Å². The molecule has 0 radical (unpaired) electrons. The molecule has 17 heavy (non-hydrogen) atoms. The van der Waals surface area contributed by atoms with Crippen molar-refractivity contribution in [1.29, 1.82) is 0 Å². The zero-order chi connectivity index (χ0) is 12.3. The summed E-state index contributed by atoms with van der Waals surface area (Å²) in [5, 5.41) is 3.41. The number of anilines is 1. The summed E-state index contributed by atoms with van der Waals surface area (Å²) in [6.45, 7) is 10.2. The first-order valence-corrected chi connectivity index (χ1v) is 6.80. The maximum atomic E-state index is 3.41. The fourth-order valence-corrected chi connectivity index (χ4v) is 2.50.